The van der Waals surface area contributed by atoms with E-state index < -0.39 is 0 Å². The molecule has 20 heavy (non-hydrogen) atoms. The van der Waals surface area contributed by atoms with E-state index in [1.165, 1.54) is 36.8 Å². The Hall–Kier alpha value is -1.60. The predicted octanol–water partition coefficient (Wildman–Crippen LogP) is 5.36. The quantitative estimate of drug-likeness (QED) is 0.739. The maximum atomic E-state index is 6.00. The van der Waals surface area contributed by atoms with Crippen LogP contribution in [0.3, 0.4) is 0 Å². The number of pyridine rings is 1. The van der Waals surface area contributed by atoms with Crippen molar-refractivity contribution >= 4 is 17.2 Å². The Morgan fingerprint density at radius 1 is 1.05 bits per heavy atom. The van der Waals surface area contributed by atoms with Crippen molar-refractivity contribution in [1.82, 2.24) is 4.98 Å². The van der Waals surface area contributed by atoms with Gasteiger partial charge in [0.05, 0.1) is 5.69 Å². The third-order valence-corrected chi connectivity index (χ3v) is 4.15. The Bertz CT molecular complexity index is 581. The first-order chi connectivity index (χ1) is 9.83. The van der Waals surface area contributed by atoms with Gasteiger partial charge >= 0.3 is 0 Å². The minimum Gasteiger partial charge on any atom is -0.256 e. The van der Waals surface area contributed by atoms with Crippen molar-refractivity contribution < 1.29 is 0 Å². The van der Waals surface area contributed by atoms with Gasteiger partial charge in [0, 0.05) is 16.8 Å². The van der Waals surface area contributed by atoms with Crippen LogP contribution in [0.15, 0.2) is 54.7 Å². The van der Waals surface area contributed by atoms with Crippen molar-refractivity contribution in [3.63, 3.8) is 0 Å². The number of aromatic nitrogens is 1. The highest BCUT2D eigenvalue weighted by atomic mass is 35.5. The molecule has 2 aromatic rings. The number of allylic oxidation sites excluding steroid dienone is 1. The summed E-state index contributed by atoms with van der Waals surface area (Å²) in [5.41, 5.74) is 3.47. The Balaban J connectivity index is 2.01. The molecule has 0 bridgehead atoms. The molecule has 1 fully saturated rings. The zero-order valence-corrected chi connectivity index (χ0v) is 12.2. The molecule has 1 aromatic carbocycles. The summed E-state index contributed by atoms with van der Waals surface area (Å²) in [6.45, 7) is 0. The Morgan fingerprint density at radius 2 is 1.80 bits per heavy atom. The molecular weight excluding hydrogens is 266 g/mol. The lowest BCUT2D eigenvalue weighted by Crippen LogP contribution is -1.95. The van der Waals surface area contributed by atoms with Crippen LogP contribution in [0.1, 0.15) is 36.9 Å². The van der Waals surface area contributed by atoms with Crippen LogP contribution in [0.4, 0.5) is 0 Å². The first kappa shape index (κ1) is 13.4. The molecule has 102 valence electrons. The van der Waals surface area contributed by atoms with E-state index in [2.05, 4.69) is 29.3 Å². The average molecular weight is 284 g/mol. The number of benzene rings is 1. The standard InChI is InChI=1S/C18H18ClN/c19-16-10-8-15(9-11-16)17(13-14-5-1-2-6-14)18-7-3-4-12-20-18/h3-4,7-14H,1-2,5-6H2/b17-13+. The summed E-state index contributed by atoms with van der Waals surface area (Å²) in [7, 11) is 0. The van der Waals surface area contributed by atoms with Crippen molar-refractivity contribution in [1.29, 1.82) is 0 Å². The van der Waals surface area contributed by atoms with Crippen molar-refractivity contribution in [2.45, 2.75) is 25.7 Å². The van der Waals surface area contributed by atoms with E-state index in [4.69, 9.17) is 11.6 Å². The predicted molar refractivity (Wildman–Crippen MR) is 84.7 cm³/mol. The van der Waals surface area contributed by atoms with Crippen LogP contribution in [0.25, 0.3) is 5.57 Å². The molecule has 0 N–H and O–H groups in total. The summed E-state index contributed by atoms with van der Waals surface area (Å²) >= 11 is 6.00. The van der Waals surface area contributed by atoms with Gasteiger partial charge in [0.25, 0.3) is 0 Å². The van der Waals surface area contributed by atoms with E-state index in [1.54, 1.807) is 0 Å². The molecule has 0 saturated heterocycles. The summed E-state index contributed by atoms with van der Waals surface area (Å²) in [4.78, 5) is 4.52. The van der Waals surface area contributed by atoms with Gasteiger partial charge in [0.2, 0.25) is 0 Å². The van der Waals surface area contributed by atoms with E-state index in [-0.39, 0.29) is 0 Å². The summed E-state index contributed by atoms with van der Waals surface area (Å²) in [5, 5.41) is 0.773. The third-order valence-electron chi connectivity index (χ3n) is 3.90. The van der Waals surface area contributed by atoms with Crippen LogP contribution in [0, 0.1) is 5.92 Å². The van der Waals surface area contributed by atoms with Gasteiger partial charge in [-0.3, -0.25) is 4.98 Å². The molecule has 0 unspecified atom stereocenters. The van der Waals surface area contributed by atoms with E-state index >= 15 is 0 Å². The van der Waals surface area contributed by atoms with Gasteiger partial charge in [-0.25, -0.2) is 0 Å². The molecule has 1 saturated carbocycles. The van der Waals surface area contributed by atoms with Gasteiger partial charge in [0.15, 0.2) is 0 Å². The van der Waals surface area contributed by atoms with Crippen molar-refractivity contribution in [2.24, 2.45) is 5.92 Å². The topological polar surface area (TPSA) is 12.9 Å². The van der Waals surface area contributed by atoms with Gasteiger partial charge in [-0.2, -0.15) is 0 Å². The number of rotatable bonds is 3. The van der Waals surface area contributed by atoms with Crippen LogP contribution >= 0.6 is 11.6 Å². The molecule has 0 amide bonds. The average Bonchev–Trinajstić information content (AvgIpc) is 3.00. The lowest BCUT2D eigenvalue weighted by atomic mass is 9.96. The SMILES string of the molecule is Clc1ccc(/C(=C\C2CCCC2)c2ccccn2)cc1. The molecule has 0 atom stereocenters. The van der Waals surface area contributed by atoms with Crippen LogP contribution in [0.5, 0.6) is 0 Å². The number of nitrogens with zero attached hydrogens (tertiary/aromatic N) is 1. The van der Waals surface area contributed by atoms with Crippen LogP contribution in [-0.4, -0.2) is 4.98 Å². The molecule has 1 nitrogen and oxygen atoms in total. The molecule has 3 rings (SSSR count). The van der Waals surface area contributed by atoms with E-state index in [9.17, 15) is 0 Å². The van der Waals surface area contributed by atoms with Gasteiger partial charge < -0.3 is 0 Å². The van der Waals surface area contributed by atoms with E-state index in [0.29, 0.717) is 5.92 Å². The molecule has 0 spiro atoms. The maximum absolute atomic E-state index is 6.00. The van der Waals surface area contributed by atoms with Gasteiger partial charge in [-0.15, -0.1) is 0 Å². The molecular formula is C18H18ClN. The Kier molecular flexibility index (Phi) is 4.17. The molecule has 1 aromatic heterocycles. The number of hydrogen-bond donors (Lipinski definition) is 0. The van der Waals surface area contributed by atoms with Crippen molar-refractivity contribution in [3.8, 4) is 0 Å². The fraction of sp³-hybridized carbons (Fsp3) is 0.278. The van der Waals surface area contributed by atoms with Crippen molar-refractivity contribution in [3.05, 3.63) is 71.0 Å². The lowest BCUT2D eigenvalue weighted by Gasteiger charge is -2.11. The third kappa shape index (κ3) is 3.10. The van der Waals surface area contributed by atoms with E-state index in [0.717, 1.165) is 10.7 Å². The lowest BCUT2D eigenvalue weighted by molar-refractivity contribution is 0.687. The van der Waals surface area contributed by atoms with E-state index in [1.807, 2.05) is 30.5 Å². The summed E-state index contributed by atoms with van der Waals surface area (Å²) in [6.07, 6.45) is 9.54. The van der Waals surface area contributed by atoms with Crippen LogP contribution < -0.4 is 0 Å². The van der Waals surface area contributed by atoms with Gasteiger partial charge in [-0.1, -0.05) is 48.7 Å². The Labute approximate surface area is 125 Å². The second-order valence-electron chi connectivity index (χ2n) is 5.35. The number of halogens is 1. The largest absolute Gasteiger partial charge is 0.256 e. The van der Waals surface area contributed by atoms with Crippen molar-refractivity contribution in [2.75, 3.05) is 0 Å². The molecule has 1 aliphatic carbocycles. The maximum Gasteiger partial charge on any atom is 0.0704 e. The fourth-order valence-corrected chi connectivity index (χ4v) is 2.97. The normalized spacial score (nSPS) is 16.6. The summed E-state index contributed by atoms with van der Waals surface area (Å²) < 4.78 is 0. The van der Waals surface area contributed by atoms with Gasteiger partial charge in [0.1, 0.15) is 0 Å². The molecule has 2 heteroatoms. The second-order valence-corrected chi connectivity index (χ2v) is 5.78. The first-order valence-corrected chi connectivity index (χ1v) is 7.60. The zero-order chi connectivity index (χ0) is 13.8. The minimum absolute atomic E-state index is 0.683. The monoisotopic (exact) mass is 283 g/mol. The Morgan fingerprint density at radius 3 is 2.45 bits per heavy atom. The second kappa shape index (κ2) is 6.23. The van der Waals surface area contributed by atoms with Gasteiger partial charge in [-0.05, 0) is 48.6 Å². The number of hydrogen-bond acceptors (Lipinski definition) is 1. The minimum atomic E-state index is 0.683. The highest BCUT2D eigenvalue weighted by Gasteiger charge is 2.15. The summed E-state index contributed by atoms with van der Waals surface area (Å²) in [5.74, 6) is 0.683. The van der Waals surface area contributed by atoms with Crippen LogP contribution in [0.2, 0.25) is 5.02 Å². The fourth-order valence-electron chi connectivity index (χ4n) is 2.84. The summed E-state index contributed by atoms with van der Waals surface area (Å²) in [6, 6.07) is 14.1. The zero-order valence-electron chi connectivity index (χ0n) is 11.4. The smallest absolute Gasteiger partial charge is 0.0704 e. The van der Waals surface area contributed by atoms with Crippen LogP contribution in [-0.2, 0) is 0 Å². The molecule has 1 aliphatic rings. The molecule has 1 heterocycles. The molecule has 0 radical (unpaired) electrons. The highest BCUT2D eigenvalue weighted by Crippen LogP contribution is 2.31. The molecule has 0 aliphatic heterocycles. The highest BCUT2D eigenvalue weighted by molar-refractivity contribution is 6.30. The first-order valence-electron chi connectivity index (χ1n) is 7.22.